The lowest BCUT2D eigenvalue weighted by atomic mass is 9.99. The van der Waals surface area contributed by atoms with E-state index in [2.05, 4.69) is 41.5 Å². The first-order valence-corrected chi connectivity index (χ1v) is 36.0. The lowest BCUT2D eigenvalue weighted by Gasteiger charge is -2.21. The molecule has 0 saturated heterocycles. The van der Waals surface area contributed by atoms with E-state index in [0.29, 0.717) is 25.7 Å². The Hall–Kier alpha value is -1.94. The summed E-state index contributed by atoms with van der Waals surface area (Å²) in [5, 5.41) is 10.5. The van der Waals surface area contributed by atoms with Crippen LogP contribution in [0, 0.1) is 11.8 Å². The Morgan fingerprint density at radius 3 is 0.927 bits per heavy atom. The molecule has 0 aromatic heterocycles. The van der Waals surface area contributed by atoms with Crippen LogP contribution in [0.3, 0.4) is 0 Å². The standard InChI is InChI=1S/C63H122O17P2/c1-7-10-12-14-15-21-29-35-41-47-62(67)79-58(51-73-60(65)45-39-31-13-11-8-2)53-77-81(69,70)75-49-57(64)50-76-82(71,72)78-54-59(80-63(68)48-42-36-30-25-18-16-17-22-26-32-37-43-55(4)5)52-74-61(66)46-40-34-28-24-20-19-23-27-33-38-44-56(6)9-3/h55-59,64H,7-54H2,1-6H3,(H,69,70)(H,71,72)/t56?,57-,58+,59+/m0/s1. The SMILES string of the molecule is CCCCCCCCCCCC(=O)O[C@H](COC(=O)CCCCCCC)COP(=O)(O)OC[C@H](O)COP(=O)(O)OC[C@@H](COC(=O)CCCCCCCCCCCCC(C)CC)OC(=O)CCCCCCCCCCCCCC(C)C. The van der Waals surface area contributed by atoms with Gasteiger partial charge in [0.2, 0.25) is 0 Å². The summed E-state index contributed by atoms with van der Waals surface area (Å²) in [6, 6.07) is 0. The highest BCUT2D eigenvalue weighted by atomic mass is 31.2. The molecule has 0 amide bonds. The summed E-state index contributed by atoms with van der Waals surface area (Å²) < 4.78 is 67.7. The van der Waals surface area contributed by atoms with E-state index in [9.17, 15) is 43.2 Å². The quantitative estimate of drug-likeness (QED) is 0.0222. The molecule has 0 saturated carbocycles. The Balaban J connectivity index is 5.18. The number of carbonyl (C=O) groups excluding carboxylic acids is 4. The first-order chi connectivity index (χ1) is 39.4. The summed E-state index contributed by atoms with van der Waals surface area (Å²) in [5.41, 5.74) is 0. The highest BCUT2D eigenvalue weighted by Crippen LogP contribution is 2.45. The van der Waals surface area contributed by atoms with E-state index in [1.165, 1.54) is 122 Å². The summed E-state index contributed by atoms with van der Waals surface area (Å²) >= 11 is 0. The molecule has 0 aromatic carbocycles. The number of ether oxygens (including phenoxy) is 4. The second-order valence-electron chi connectivity index (χ2n) is 23.5. The molecule has 3 N–H and O–H groups in total. The van der Waals surface area contributed by atoms with E-state index in [0.717, 1.165) is 108 Å². The maximum Gasteiger partial charge on any atom is 0.472 e. The van der Waals surface area contributed by atoms with Gasteiger partial charge in [0.15, 0.2) is 12.2 Å². The molecule has 0 bridgehead atoms. The van der Waals surface area contributed by atoms with Crippen molar-refractivity contribution >= 4 is 39.5 Å². The van der Waals surface area contributed by atoms with Crippen LogP contribution in [0.15, 0.2) is 0 Å². The lowest BCUT2D eigenvalue weighted by Crippen LogP contribution is -2.30. The largest absolute Gasteiger partial charge is 0.472 e. The topological polar surface area (TPSA) is 237 Å². The monoisotopic (exact) mass is 1210 g/mol. The number of phosphoric ester groups is 2. The van der Waals surface area contributed by atoms with Gasteiger partial charge in [0.25, 0.3) is 0 Å². The van der Waals surface area contributed by atoms with Gasteiger partial charge in [-0.3, -0.25) is 37.3 Å². The minimum Gasteiger partial charge on any atom is -0.462 e. The molecule has 486 valence electrons. The molecular weight excluding hydrogens is 1090 g/mol. The molecule has 0 aliphatic heterocycles. The highest BCUT2D eigenvalue weighted by molar-refractivity contribution is 7.47. The number of aliphatic hydroxyl groups is 1. The number of unbranched alkanes of at least 4 members (excludes halogenated alkanes) is 31. The Kier molecular flexibility index (Phi) is 54.3. The Morgan fingerprint density at radius 2 is 0.622 bits per heavy atom. The smallest absolute Gasteiger partial charge is 0.462 e. The predicted octanol–water partition coefficient (Wildman–Crippen LogP) is 17.3. The zero-order chi connectivity index (χ0) is 60.8. The number of hydrogen-bond acceptors (Lipinski definition) is 15. The minimum atomic E-state index is -4.94. The van der Waals surface area contributed by atoms with Crippen LogP contribution in [-0.2, 0) is 65.4 Å². The molecule has 19 heteroatoms. The molecule has 82 heavy (non-hydrogen) atoms. The van der Waals surface area contributed by atoms with Crippen LogP contribution in [-0.4, -0.2) is 96.7 Å². The second kappa shape index (κ2) is 55.6. The average Bonchev–Trinajstić information content (AvgIpc) is 3.44. The molecule has 0 heterocycles. The molecule has 0 spiro atoms. The van der Waals surface area contributed by atoms with Crippen molar-refractivity contribution in [2.45, 2.75) is 330 Å². The van der Waals surface area contributed by atoms with Crippen LogP contribution in [0.4, 0.5) is 0 Å². The van der Waals surface area contributed by atoms with Crippen LogP contribution in [0.2, 0.25) is 0 Å². The summed E-state index contributed by atoms with van der Waals surface area (Å²) in [4.78, 5) is 71.9. The fourth-order valence-electron chi connectivity index (χ4n) is 9.32. The first-order valence-electron chi connectivity index (χ1n) is 33.0. The van der Waals surface area contributed by atoms with Gasteiger partial charge in [-0.2, -0.15) is 0 Å². The van der Waals surface area contributed by atoms with Gasteiger partial charge in [-0.05, 0) is 37.5 Å². The Morgan fingerprint density at radius 1 is 0.354 bits per heavy atom. The summed E-state index contributed by atoms with van der Waals surface area (Å²) in [5.74, 6) is -0.571. The van der Waals surface area contributed by atoms with Crippen molar-refractivity contribution in [2.24, 2.45) is 11.8 Å². The first kappa shape index (κ1) is 80.1. The molecule has 0 aromatic rings. The van der Waals surface area contributed by atoms with Crippen molar-refractivity contribution in [3.05, 3.63) is 0 Å². The molecule has 17 nitrogen and oxygen atoms in total. The number of rotatable bonds is 62. The Bertz CT molecular complexity index is 1620. The van der Waals surface area contributed by atoms with Crippen LogP contribution in [0.5, 0.6) is 0 Å². The third-order valence-corrected chi connectivity index (χ3v) is 16.7. The van der Waals surface area contributed by atoms with E-state index in [1.807, 2.05) is 0 Å². The van der Waals surface area contributed by atoms with Gasteiger partial charge in [0.05, 0.1) is 26.4 Å². The van der Waals surface area contributed by atoms with E-state index in [1.54, 1.807) is 0 Å². The second-order valence-corrected chi connectivity index (χ2v) is 26.4. The molecule has 0 rings (SSSR count). The van der Waals surface area contributed by atoms with Gasteiger partial charge in [-0.15, -0.1) is 0 Å². The van der Waals surface area contributed by atoms with Crippen molar-refractivity contribution in [1.29, 1.82) is 0 Å². The zero-order valence-corrected chi connectivity index (χ0v) is 54.6. The normalized spacial score (nSPS) is 14.7. The number of aliphatic hydroxyl groups excluding tert-OH is 1. The molecule has 0 aliphatic rings. The van der Waals surface area contributed by atoms with Gasteiger partial charge in [-0.25, -0.2) is 9.13 Å². The number of carbonyl (C=O) groups is 4. The van der Waals surface area contributed by atoms with Crippen LogP contribution >= 0.6 is 15.6 Å². The molecule has 0 aliphatic carbocycles. The average molecular weight is 1210 g/mol. The third-order valence-electron chi connectivity index (χ3n) is 14.8. The molecule has 6 atom stereocenters. The third kappa shape index (κ3) is 55.9. The van der Waals surface area contributed by atoms with E-state index in [-0.39, 0.29) is 25.7 Å². The van der Waals surface area contributed by atoms with Crippen molar-refractivity contribution in [2.75, 3.05) is 39.6 Å². The maximum atomic E-state index is 13.0. The molecule has 3 unspecified atom stereocenters. The predicted molar refractivity (Wildman–Crippen MR) is 326 cm³/mol. The Labute approximate surface area is 498 Å². The van der Waals surface area contributed by atoms with Gasteiger partial charge in [-0.1, -0.05) is 260 Å². The van der Waals surface area contributed by atoms with Crippen LogP contribution < -0.4 is 0 Å². The van der Waals surface area contributed by atoms with Crippen LogP contribution in [0.25, 0.3) is 0 Å². The zero-order valence-electron chi connectivity index (χ0n) is 52.8. The minimum absolute atomic E-state index is 0.105. The summed E-state index contributed by atoms with van der Waals surface area (Å²) in [6.45, 7) is 9.41. The summed E-state index contributed by atoms with van der Waals surface area (Å²) in [6.07, 6.45) is 37.8. The van der Waals surface area contributed by atoms with Crippen molar-refractivity contribution in [3.63, 3.8) is 0 Å². The fourth-order valence-corrected chi connectivity index (χ4v) is 10.9. The summed E-state index contributed by atoms with van der Waals surface area (Å²) in [7, 11) is -9.87. The molecule has 0 fully saturated rings. The maximum absolute atomic E-state index is 13.0. The van der Waals surface area contributed by atoms with E-state index >= 15 is 0 Å². The highest BCUT2D eigenvalue weighted by Gasteiger charge is 2.30. The van der Waals surface area contributed by atoms with Gasteiger partial charge in [0, 0.05) is 25.7 Å². The molecular formula is C63H122O17P2. The van der Waals surface area contributed by atoms with Crippen molar-refractivity contribution in [1.82, 2.24) is 0 Å². The van der Waals surface area contributed by atoms with Gasteiger partial charge < -0.3 is 33.8 Å². The van der Waals surface area contributed by atoms with Gasteiger partial charge in [0.1, 0.15) is 19.3 Å². The van der Waals surface area contributed by atoms with E-state index < -0.39 is 97.5 Å². The van der Waals surface area contributed by atoms with Crippen molar-refractivity contribution in [3.8, 4) is 0 Å². The van der Waals surface area contributed by atoms with Crippen molar-refractivity contribution < 1.29 is 80.2 Å². The number of hydrogen-bond donors (Lipinski definition) is 3. The molecule has 0 radical (unpaired) electrons. The lowest BCUT2D eigenvalue weighted by molar-refractivity contribution is -0.161. The number of phosphoric acid groups is 2. The fraction of sp³-hybridized carbons (Fsp3) is 0.937. The number of esters is 4. The van der Waals surface area contributed by atoms with Crippen LogP contribution in [0.1, 0.15) is 311 Å². The van der Waals surface area contributed by atoms with E-state index in [4.69, 9.17) is 37.0 Å². The van der Waals surface area contributed by atoms with Gasteiger partial charge >= 0.3 is 39.5 Å².